The van der Waals surface area contributed by atoms with Crippen molar-refractivity contribution in [3.63, 3.8) is 0 Å². The van der Waals surface area contributed by atoms with Gasteiger partial charge in [-0.3, -0.25) is 14.4 Å². The second kappa shape index (κ2) is 9.69. The summed E-state index contributed by atoms with van der Waals surface area (Å²) in [5.41, 5.74) is 0. The number of nitrogens with zero attached hydrogens (tertiary/aromatic N) is 2. The number of esters is 1. The molecule has 3 heterocycles. The molecule has 2 amide bonds. The number of fused-ring (bicyclic) bond motifs is 1. The van der Waals surface area contributed by atoms with Gasteiger partial charge in [0.1, 0.15) is 12.6 Å². The third-order valence-electron chi connectivity index (χ3n) is 8.41. The number of carbonyl (C=O) groups excluding carboxylic acids is 3. The third kappa shape index (κ3) is 3.81. The average Bonchev–Trinajstić information content (AvgIpc) is 3.41. The number of aliphatic hydroxyl groups is 1. The van der Waals surface area contributed by atoms with Gasteiger partial charge in [0.05, 0.1) is 29.2 Å². The van der Waals surface area contributed by atoms with Crippen LogP contribution in [0.15, 0.2) is 25.3 Å². The molecule has 7 nitrogen and oxygen atoms in total. The average molecular weight is 491 g/mol. The molecule has 1 saturated carbocycles. The molecule has 8 heteroatoms. The molecule has 34 heavy (non-hydrogen) atoms. The summed E-state index contributed by atoms with van der Waals surface area (Å²) in [5.74, 6) is -1.92. The van der Waals surface area contributed by atoms with Gasteiger partial charge in [0.2, 0.25) is 11.8 Å². The molecular formula is C26H38N2O5S. The van der Waals surface area contributed by atoms with Gasteiger partial charge in [0.15, 0.2) is 0 Å². The van der Waals surface area contributed by atoms with Crippen LogP contribution in [-0.4, -0.2) is 80.1 Å². The van der Waals surface area contributed by atoms with Crippen LogP contribution in [0, 0.1) is 11.8 Å². The first-order chi connectivity index (χ1) is 16.3. The summed E-state index contributed by atoms with van der Waals surface area (Å²) in [6.07, 6.45) is 9.97. The van der Waals surface area contributed by atoms with E-state index < -0.39 is 39.4 Å². The van der Waals surface area contributed by atoms with Crippen molar-refractivity contribution in [2.75, 3.05) is 19.8 Å². The molecular weight excluding hydrogens is 452 g/mol. The molecule has 4 fully saturated rings. The van der Waals surface area contributed by atoms with E-state index in [1.54, 1.807) is 29.7 Å². The molecule has 0 aromatic rings. The maximum absolute atomic E-state index is 14.3. The quantitative estimate of drug-likeness (QED) is 0.395. The van der Waals surface area contributed by atoms with Crippen LogP contribution in [-0.2, 0) is 19.1 Å². The minimum Gasteiger partial charge on any atom is -0.461 e. The SMILES string of the molecule is C=CCOC(=O)[C@H]1[C@H]2C(=O)N([C@H](C)CO)C(C(=O)N(CC=C)C3CCCCC3)C23CC[C@]1(C)S3. The van der Waals surface area contributed by atoms with Crippen molar-refractivity contribution >= 4 is 29.5 Å². The van der Waals surface area contributed by atoms with Crippen molar-refractivity contribution in [3.8, 4) is 0 Å². The molecule has 0 aromatic heterocycles. The standard InChI is InChI=1S/C26H38N2O5S/c1-5-14-27(18-10-8-7-9-11-18)23(31)21-26-13-12-25(4,34-26)20(24(32)33-15-6-2)19(26)22(30)28(21)17(3)16-29/h5-6,17-21,29H,1-2,7-16H2,3-4H3/t17-,19+,20-,21?,25+,26?/m1/s1. The summed E-state index contributed by atoms with van der Waals surface area (Å²) in [7, 11) is 0. The molecule has 2 unspecified atom stereocenters. The molecule has 1 aliphatic carbocycles. The largest absolute Gasteiger partial charge is 0.461 e. The fourth-order valence-electron chi connectivity index (χ4n) is 6.90. The zero-order valence-electron chi connectivity index (χ0n) is 20.4. The van der Waals surface area contributed by atoms with Gasteiger partial charge in [-0.25, -0.2) is 0 Å². The molecule has 6 atom stereocenters. The molecule has 4 aliphatic rings. The number of thioether (sulfide) groups is 1. The predicted molar refractivity (Wildman–Crippen MR) is 132 cm³/mol. The first kappa shape index (κ1) is 25.3. The minimum atomic E-state index is -0.710. The molecule has 3 saturated heterocycles. The number of hydrogen-bond acceptors (Lipinski definition) is 6. The number of amides is 2. The van der Waals surface area contributed by atoms with E-state index in [2.05, 4.69) is 13.2 Å². The number of aliphatic hydroxyl groups excluding tert-OH is 1. The van der Waals surface area contributed by atoms with Gasteiger partial charge in [0.25, 0.3) is 0 Å². The second-order valence-corrected chi connectivity index (χ2v) is 12.4. The Balaban J connectivity index is 1.75. The lowest BCUT2D eigenvalue weighted by molar-refractivity contribution is -0.155. The van der Waals surface area contributed by atoms with E-state index in [4.69, 9.17) is 4.74 Å². The van der Waals surface area contributed by atoms with Gasteiger partial charge in [-0.15, -0.1) is 18.3 Å². The van der Waals surface area contributed by atoms with E-state index in [1.165, 1.54) is 12.5 Å². The summed E-state index contributed by atoms with van der Waals surface area (Å²) < 4.78 is 4.29. The minimum absolute atomic E-state index is 0.0696. The van der Waals surface area contributed by atoms with Crippen LogP contribution in [0.4, 0.5) is 0 Å². The third-order valence-corrected chi connectivity index (χ3v) is 10.4. The lowest BCUT2D eigenvalue weighted by Crippen LogP contribution is -2.58. The highest BCUT2D eigenvalue weighted by atomic mass is 32.2. The zero-order chi connectivity index (χ0) is 24.7. The first-order valence-corrected chi connectivity index (χ1v) is 13.4. The van der Waals surface area contributed by atoms with Gasteiger partial charge in [-0.05, 0) is 39.5 Å². The number of carbonyl (C=O) groups is 3. The number of ether oxygens (including phenoxy) is 1. The van der Waals surface area contributed by atoms with Gasteiger partial charge in [0, 0.05) is 17.3 Å². The maximum Gasteiger partial charge on any atom is 0.311 e. The van der Waals surface area contributed by atoms with Gasteiger partial charge >= 0.3 is 5.97 Å². The van der Waals surface area contributed by atoms with Crippen molar-refractivity contribution in [1.82, 2.24) is 9.80 Å². The molecule has 2 bridgehead atoms. The van der Waals surface area contributed by atoms with Gasteiger partial charge < -0.3 is 19.6 Å². The maximum atomic E-state index is 14.3. The van der Waals surface area contributed by atoms with E-state index in [0.29, 0.717) is 13.0 Å². The van der Waals surface area contributed by atoms with Crippen molar-refractivity contribution in [1.29, 1.82) is 0 Å². The lowest BCUT2D eigenvalue weighted by Gasteiger charge is -2.42. The molecule has 1 spiro atoms. The Morgan fingerprint density at radius 2 is 1.97 bits per heavy atom. The van der Waals surface area contributed by atoms with E-state index in [-0.39, 0.29) is 31.1 Å². The Morgan fingerprint density at radius 3 is 2.59 bits per heavy atom. The van der Waals surface area contributed by atoms with Crippen LogP contribution in [0.5, 0.6) is 0 Å². The molecule has 3 aliphatic heterocycles. The Kier molecular flexibility index (Phi) is 7.21. The van der Waals surface area contributed by atoms with Crippen LogP contribution in [0.3, 0.4) is 0 Å². The normalized spacial score (nSPS) is 35.7. The molecule has 0 radical (unpaired) electrons. The summed E-state index contributed by atoms with van der Waals surface area (Å²) in [6.45, 7) is 11.6. The van der Waals surface area contributed by atoms with Crippen LogP contribution in [0.2, 0.25) is 0 Å². The molecule has 188 valence electrons. The Bertz CT molecular complexity index is 858. The highest BCUT2D eigenvalue weighted by Gasteiger charge is 2.78. The van der Waals surface area contributed by atoms with E-state index in [1.807, 2.05) is 11.8 Å². The molecule has 4 rings (SSSR count). The first-order valence-electron chi connectivity index (χ1n) is 12.6. The smallest absolute Gasteiger partial charge is 0.311 e. The highest BCUT2D eigenvalue weighted by molar-refractivity contribution is 8.02. The van der Waals surface area contributed by atoms with Crippen LogP contribution in [0.25, 0.3) is 0 Å². The zero-order valence-corrected chi connectivity index (χ0v) is 21.2. The van der Waals surface area contributed by atoms with Crippen molar-refractivity contribution < 1.29 is 24.2 Å². The van der Waals surface area contributed by atoms with Crippen LogP contribution < -0.4 is 0 Å². The lowest BCUT2D eigenvalue weighted by atomic mass is 9.66. The fourth-order valence-corrected chi connectivity index (χ4v) is 9.23. The molecule has 1 N–H and O–H groups in total. The van der Waals surface area contributed by atoms with Crippen molar-refractivity contribution in [3.05, 3.63) is 25.3 Å². The van der Waals surface area contributed by atoms with Crippen LogP contribution in [0.1, 0.15) is 58.8 Å². The van der Waals surface area contributed by atoms with E-state index in [9.17, 15) is 19.5 Å². The topological polar surface area (TPSA) is 87.1 Å². The monoisotopic (exact) mass is 490 g/mol. The Hall–Kier alpha value is -1.80. The highest BCUT2D eigenvalue weighted by Crippen LogP contribution is 2.71. The predicted octanol–water partition coefficient (Wildman–Crippen LogP) is 2.93. The number of hydrogen-bond donors (Lipinski definition) is 1. The molecule has 0 aromatic carbocycles. The Labute approximate surface area is 206 Å². The summed E-state index contributed by atoms with van der Waals surface area (Å²) in [5, 5.41) is 10.0. The van der Waals surface area contributed by atoms with Gasteiger partial charge in [-0.2, -0.15) is 0 Å². The summed E-state index contributed by atoms with van der Waals surface area (Å²) in [4.78, 5) is 45.0. The summed E-state index contributed by atoms with van der Waals surface area (Å²) >= 11 is 1.63. The van der Waals surface area contributed by atoms with Crippen LogP contribution >= 0.6 is 11.8 Å². The number of likely N-dealkylation sites (tertiary alicyclic amines) is 1. The Morgan fingerprint density at radius 1 is 1.26 bits per heavy atom. The summed E-state index contributed by atoms with van der Waals surface area (Å²) in [6, 6.07) is -1.10. The van der Waals surface area contributed by atoms with Gasteiger partial charge in [-0.1, -0.05) is 38.0 Å². The fraction of sp³-hybridized carbons (Fsp3) is 0.731. The number of rotatable bonds is 9. The van der Waals surface area contributed by atoms with E-state index >= 15 is 0 Å². The van der Waals surface area contributed by atoms with Crippen molar-refractivity contribution in [2.45, 2.75) is 86.4 Å². The van der Waals surface area contributed by atoms with Crippen molar-refractivity contribution in [2.24, 2.45) is 11.8 Å². The second-order valence-electron chi connectivity index (χ2n) is 10.5. The van der Waals surface area contributed by atoms with E-state index in [0.717, 1.165) is 32.1 Å².